The van der Waals surface area contributed by atoms with Crippen LogP contribution in [0.1, 0.15) is 24.3 Å². The van der Waals surface area contributed by atoms with Crippen molar-refractivity contribution < 1.29 is 26.4 Å². The van der Waals surface area contributed by atoms with Crippen LogP contribution >= 0.6 is 11.3 Å². The highest BCUT2D eigenvalue weighted by molar-refractivity contribution is 7.92. The predicted molar refractivity (Wildman–Crippen MR) is 153 cm³/mol. The van der Waals surface area contributed by atoms with E-state index in [0.717, 1.165) is 0 Å². The quantitative estimate of drug-likeness (QED) is 0.347. The fourth-order valence-corrected chi connectivity index (χ4v) is 9.80. The molecular weight excluding hydrogens is 573 g/mol. The Bertz CT molecular complexity index is 1870. The maximum Gasteiger partial charge on any atom is 0.233 e. The van der Waals surface area contributed by atoms with Gasteiger partial charge in [-0.05, 0) is 54.7 Å². The van der Waals surface area contributed by atoms with Crippen molar-refractivity contribution in [3.63, 3.8) is 0 Å². The van der Waals surface area contributed by atoms with E-state index in [1.165, 1.54) is 24.5 Å². The van der Waals surface area contributed by atoms with Crippen molar-refractivity contribution in [1.82, 2.24) is 9.97 Å². The third kappa shape index (κ3) is 4.71. The van der Waals surface area contributed by atoms with Gasteiger partial charge >= 0.3 is 0 Å². The van der Waals surface area contributed by atoms with Gasteiger partial charge in [-0.15, -0.1) is 0 Å². The van der Waals surface area contributed by atoms with Crippen LogP contribution in [-0.4, -0.2) is 58.4 Å². The summed E-state index contributed by atoms with van der Waals surface area (Å²) in [5.41, 5.74) is 2.22. The van der Waals surface area contributed by atoms with Crippen LogP contribution in [0, 0.1) is 5.92 Å². The molecule has 0 aliphatic carbocycles. The number of anilines is 3. The van der Waals surface area contributed by atoms with Crippen LogP contribution in [0.5, 0.6) is 5.88 Å². The highest BCUT2D eigenvalue weighted by Crippen LogP contribution is 2.45. The summed E-state index contributed by atoms with van der Waals surface area (Å²) in [5, 5.41) is 3.25. The first-order valence-corrected chi connectivity index (χ1v) is 16.7. The van der Waals surface area contributed by atoms with Gasteiger partial charge in [-0.1, -0.05) is 29.5 Å². The van der Waals surface area contributed by atoms with Gasteiger partial charge in [-0.3, -0.25) is 4.79 Å². The molecule has 2 unspecified atom stereocenters. The van der Waals surface area contributed by atoms with E-state index >= 15 is 0 Å². The Morgan fingerprint density at radius 1 is 1.07 bits per heavy atom. The van der Waals surface area contributed by atoms with Crippen LogP contribution in [0.2, 0.25) is 0 Å². The number of aromatic nitrogens is 2. The van der Waals surface area contributed by atoms with E-state index in [-0.39, 0.29) is 33.1 Å². The van der Waals surface area contributed by atoms with Crippen LogP contribution in [0.3, 0.4) is 0 Å². The number of hydrogen-bond acceptors (Lipinski definition) is 10. The molecule has 2 aromatic heterocycles. The van der Waals surface area contributed by atoms with Gasteiger partial charge in [0.2, 0.25) is 21.6 Å². The molecule has 1 fully saturated rings. The molecule has 2 aliphatic heterocycles. The molecular formula is C27H26N4O6S3. The molecule has 0 bridgehead atoms. The Morgan fingerprint density at radius 2 is 1.85 bits per heavy atom. The Balaban J connectivity index is 1.37. The molecule has 4 aromatic rings. The molecule has 1 amide bonds. The van der Waals surface area contributed by atoms with Crippen molar-refractivity contribution in [3.8, 4) is 5.88 Å². The predicted octanol–water partition coefficient (Wildman–Crippen LogP) is 4.16. The minimum absolute atomic E-state index is 0.0221. The van der Waals surface area contributed by atoms with Crippen LogP contribution in [0.15, 0.2) is 64.4 Å². The highest BCUT2D eigenvalue weighted by atomic mass is 32.2. The third-order valence-corrected chi connectivity index (χ3v) is 12.0. The number of ether oxygens (including phenoxy) is 1. The number of rotatable bonds is 6. The number of carbonyl (C=O) groups excluding carboxylic acids is 1. The number of fused-ring (bicyclic) bond motifs is 3. The Labute approximate surface area is 235 Å². The number of carbonyl (C=O) groups is 1. The molecule has 1 saturated heterocycles. The number of thiazole rings is 1. The first kappa shape index (κ1) is 26.7. The lowest BCUT2D eigenvalue weighted by Gasteiger charge is -2.31. The molecule has 0 spiro atoms. The minimum atomic E-state index is -3.75. The first-order valence-electron chi connectivity index (χ1n) is 12.6. The SMILES string of the molecule is COc1ccc2nc(NC(=O)C(CC3CCS(=O)(=O)C3)c3ccc4c(c3)N(C)c3ccccc3S4(=O)=O)sc2n1. The van der Waals surface area contributed by atoms with Gasteiger partial charge in [0.25, 0.3) is 0 Å². The molecule has 0 radical (unpaired) electrons. The van der Waals surface area contributed by atoms with Gasteiger partial charge in [0.05, 0.1) is 45.7 Å². The largest absolute Gasteiger partial charge is 0.481 e. The van der Waals surface area contributed by atoms with Crippen LogP contribution in [0.25, 0.3) is 10.3 Å². The van der Waals surface area contributed by atoms with Gasteiger partial charge < -0.3 is 15.0 Å². The minimum Gasteiger partial charge on any atom is -0.481 e. The van der Waals surface area contributed by atoms with Crippen LogP contribution in [0.4, 0.5) is 16.5 Å². The van der Waals surface area contributed by atoms with Crippen LogP contribution < -0.4 is 15.0 Å². The molecule has 2 aromatic carbocycles. The summed E-state index contributed by atoms with van der Waals surface area (Å²) >= 11 is 1.21. The average Bonchev–Trinajstić information content (AvgIpc) is 3.50. The maximum absolute atomic E-state index is 13.8. The summed E-state index contributed by atoms with van der Waals surface area (Å²) < 4.78 is 56.3. The van der Waals surface area contributed by atoms with Gasteiger partial charge in [0.1, 0.15) is 10.3 Å². The summed E-state index contributed by atoms with van der Waals surface area (Å²) in [6, 6.07) is 15.1. The number of amides is 1. The lowest BCUT2D eigenvalue weighted by molar-refractivity contribution is -0.118. The van der Waals surface area contributed by atoms with E-state index in [4.69, 9.17) is 4.74 Å². The molecule has 40 heavy (non-hydrogen) atoms. The number of benzene rings is 2. The molecule has 4 heterocycles. The van der Waals surface area contributed by atoms with Gasteiger partial charge in [0, 0.05) is 13.1 Å². The Morgan fingerprint density at radius 3 is 2.60 bits per heavy atom. The molecule has 2 aliphatic rings. The zero-order valence-electron chi connectivity index (χ0n) is 21.7. The summed E-state index contributed by atoms with van der Waals surface area (Å²) in [7, 11) is -3.60. The standard InChI is InChI=1S/C27H26N4O6S3/c1-31-20-5-3-4-6-22(20)40(35,36)23-9-7-17(14-21(23)31)18(13-16-11-12-39(33,34)15-16)25(32)30-27-28-19-8-10-24(37-2)29-26(19)38-27/h3-10,14,16,18H,11-13,15H2,1-2H3,(H,28,30,32). The number of nitrogens with one attached hydrogen (secondary N) is 1. The summed E-state index contributed by atoms with van der Waals surface area (Å²) in [5.74, 6) is -0.721. The summed E-state index contributed by atoms with van der Waals surface area (Å²) in [4.78, 5) is 25.4. The zero-order chi connectivity index (χ0) is 28.2. The van der Waals surface area contributed by atoms with Crippen molar-refractivity contribution in [3.05, 3.63) is 60.2 Å². The highest BCUT2D eigenvalue weighted by Gasteiger charge is 2.36. The number of sulfone groups is 2. The maximum atomic E-state index is 13.8. The monoisotopic (exact) mass is 598 g/mol. The summed E-state index contributed by atoms with van der Waals surface area (Å²) in [6.45, 7) is 0. The third-order valence-electron chi connectivity index (χ3n) is 7.43. The van der Waals surface area contributed by atoms with E-state index in [1.807, 2.05) is 0 Å². The van der Waals surface area contributed by atoms with Crippen molar-refractivity contribution >= 4 is 63.8 Å². The topological polar surface area (TPSA) is 136 Å². The number of nitrogens with zero attached hydrogens (tertiary/aromatic N) is 3. The van der Waals surface area contributed by atoms with E-state index in [2.05, 4.69) is 15.3 Å². The average molecular weight is 599 g/mol. The Hall–Kier alpha value is -3.55. The zero-order valence-corrected chi connectivity index (χ0v) is 24.1. The van der Waals surface area contributed by atoms with Gasteiger partial charge in [0.15, 0.2) is 15.0 Å². The van der Waals surface area contributed by atoms with Crippen molar-refractivity contribution in [2.75, 3.05) is 35.9 Å². The van der Waals surface area contributed by atoms with E-state index < -0.39 is 25.6 Å². The first-order chi connectivity index (χ1) is 19.1. The second kappa shape index (κ2) is 9.82. The molecule has 6 rings (SSSR count). The molecule has 13 heteroatoms. The number of hydrogen-bond donors (Lipinski definition) is 1. The van der Waals surface area contributed by atoms with Crippen molar-refractivity contribution in [1.29, 1.82) is 0 Å². The van der Waals surface area contributed by atoms with Crippen molar-refractivity contribution in [2.24, 2.45) is 5.92 Å². The second-order valence-electron chi connectivity index (χ2n) is 10.0. The molecule has 10 nitrogen and oxygen atoms in total. The van der Waals surface area contributed by atoms with Gasteiger partial charge in [-0.25, -0.2) is 26.8 Å². The molecule has 2 atom stereocenters. The molecule has 1 N–H and O–H groups in total. The smallest absolute Gasteiger partial charge is 0.233 e. The van der Waals surface area contributed by atoms with Crippen LogP contribution in [-0.2, 0) is 24.5 Å². The van der Waals surface area contributed by atoms with E-state index in [9.17, 15) is 21.6 Å². The van der Waals surface area contributed by atoms with Crippen molar-refractivity contribution in [2.45, 2.75) is 28.6 Å². The fourth-order valence-electron chi connectivity index (χ4n) is 5.40. The molecule has 0 saturated carbocycles. The normalized spacial score (nSPS) is 19.6. The Kier molecular flexibility index (Phi) is 6.55. The van der Waals surface area contributed by atoms with E-state index in [1.54, 1.807) is 60.5 Å². The molecule has 208 valence electrons. The van der Waals surface area contributed by atoms with E-state index in [0.29, 0.717) is 51.1 Å². The lowest BCUT2D eigenvalue weighted by atomic mass is 9.87. The number of para-hydroxylation sites is 1. The summed E-state index contributed by atoms with van der Waals surface area (Å²) in [6.07, 6.45) is 0.775. The van der Waals surface area contributed by atoms with Gasteiger partial charge in [-0.2, -0.15) is 0 Å². The number of methoxy groups -OCH3 is 1. The second-order valence-corrected chi connectivity index (χ2v) is 15.1. The fraction of sp³-hybridized carbons (Fsp3) is 0.296. The number of pyridine rings is 1. The lowest BCUT2D eigenvalue weighted by Crippen LogP contribution is -2.26.